The number of hydrogen-bond acceptors (Lipinski definition) is 0. The molecule has 13 heavy (non-hydrogen) atoms. The highest BCUT2D eigenvalue weighted by atomic mass is 14.1. The van der Waals surface area contributed by atoms with Crippen LogP contribution in [0.3, 0.4) is 0 Å². The lowest BCUT2D eigenvalue weighted by Crippen LogP contribution is -1.93. The molecule has 0 fully saturated rings. The number of benzene rings is 1. The quantitative estimate of drug-likeness (QED) is 0.606. The first kappa shape index (κ1) is 10.0. The van der Waals surface area contributed by atoms with E-state index < -0.39 is 0 Å². The maximum Gasteiger partial charge on any atom is -0.0153 e. The first-order valence-corrected chi connectivity index (χ1v) is 4.80. The zero-order valence-electron chi connectivity index (χ0n) is 8.80. The lowest BCUT2D eigenvalue weighted by atomic mass is 9.94. The molecule has 1 aromatic carbocycles. The maximum atomic E-state index is 3.94. The van der Waals surface area contributed by atoms with Crippen LogP contribution in [0.4, 0.5) is 0 Å². The van der Waals surface area contributed by atoms with Crippen LogP contribution in [0.1, 0.15) is 37.3 Å². The highest BCUT2D eigenvalue weighted by Gasteiger charge is 2.04. The van der Waals surface area contributed by atoms with Crippen molar-refractivity contribution in [1.82, 2.24) is 0 Å². The van der Waals surface area contributed by atoms with E-state index in [1.807, 2.05) is 0 Å². The molecule has 0 nitrogen and oxygen atoms in total. The van der Waals surface area contributed by atoms with Crippen LogP contribution in [0.15, 0.2) is 36.4 Å². The molecule has 0 aliphatic carbocycles. The monoisotopic (exact) mass is 174 g/mol. The standard InChI is InChI=1S/C13H18/c1-10(2)9-12(4)13-7-5-11(3)6-8-13/h5-8,12H,1,9H2,2-4H3. The molecule has 0 heterocycles. The Bertz CT molecular complexity index is 279. The van der Waals surface area contributed by atoms with Gasteiger partial charge in [0.2, 0.25) is 0 Å². The third kappa shape index (κ3) is 3.06. The fraction of sp³-hybridized carbons (Fsp3) is 0.385. The van der Waals surface area contributed by atoms with Gasteiger partial charge in [0.25, 0.3) is 0 Å². The van der Waals surface area contributed by atoms with Crippen molar-refractivity contribution < 1.29 is 0 Å². The van der Waals surface area contributed by atoms with Crippen LogP contribution in [0.25, 0.3) is 0 Å². The number of hydrogen-bond donors (Lipinski definition) is 0. The number of allylic oxidation sites excluding steroid dienone is 1. The van der Waals surface area contributed by atoms with Crippen LogP contribution in [0, 0.1) is 6.92 Å². The van der Waals surface area contributed by atoms with E-state index in [1.165, 1.54) is 16.7 Å². The Balaban J connectivity index is 2.71. The second-order valence-corrected chi connectivity index (χ2v) is 3.97. The second-order valence-electron chi connectivity index (χ2n) is 3.97. The predicted molar refractivity (Wildman–Crippen MR) is 59.0 cm³/mol. The topological polar surface area (TPSA) is 0 Å². The van der Waals surface area contributed by atoms with Gasteiger partial charge in [0.15, 0.2) is 0 Å². The molecule has 0 bridgehead atoms. The van der Waals surface area contributed by atoms with Crippen LogP contribution in [-0.4, -0.2) is 0 Å². The van der Waals surface area contributed by atoms with Crippen molar-refractivity contribution in [3.05, 3.63) is 47.5 Å². The summed E-state index contributed by atoms with van der Waals surface area (Å²) in [6, 6.07) is 8.76. The lowest BCUT2D eigenvalue weighted by molar-refractivity contribution is 0.753. The average molecular weight is 174 g/mol. The molecule has 0 heteroatoms. The first-order chi connectivity index (χ1) is 6.09. The Morgan fingerprint density at radius 2 is 1.85 bits per heavy atom. The Morgan fingerprint density at radius 3 is 2.31 bits per heavy atom. The molecule has 1 rings (SSSR count). The van der Waals surface area contributed by atoms with E-state index in [1.54, 1.807) is 0 Å². The van der Waals surface area contributed by atoms with Crippen molar-refractivity contribution in [2.45, 2.75) is 33.1 Å². The predicted octanol–water partition coefficient (Wildman–Crippen LogP) is 4.06. The first-order valence-electron chi connectivity index (χ1n) is 4.80. The molecular weight excluding hydrogens is 156 g/mol. The minimum atomic E-state index is 0.595. The third-order valence-electron chi connectivity index (χ3n) is 2.30. The summed E-state index contributed by atoms with van der Waals surface area (Å²) in [4.78, 5) is 0. The van der Waals surface area contributed by atoms with Gasteiger partial charge < -0.3 is 0 Å². The molecule has 0 spiro atoms. The van der Waals surface area contributed by atoms with Gasteiger partial charge in [-0.05, 0) is 31.7 Å². The highest BCUT2D eigenvalue weighted by molar-refractivity contribution is 5.24. The average Bonchev–Trinajstić information content (AvgIpc) is 2.04. The molecule has 0 aromatic heterocycles. The summed E-state index contributed by atoms with van der Waals surface area (Å²) in [5.74, 6) is 0.595. The SMILES string of the molecule is C=C(C)CC(C)c1ccc(C)cc1. The largest absolute Gasteiger partial charge is 0.100 e. The van der Waals surface area contributed by atoms with Gasteiger partial charge in [0.05, 0.1) is 0 Å². The van der Waals surface area contributed by atoms with Gasteiger partial charge in [0, 0.05) is 0 Å². The summed E-state index contributed by atoms with van der Waals surface area (Å²) in [6.45, 7) is 10.4. The summed E-state index contributed by atoms with van der Waals surface area (Å²) in [5, 5.41) is 0. The minimum absolute atomic E-state index is 0.595. The van der Waals surface area contributed by atoms with Crippen LogP contribution >= 0.6 is 0 Å². The van der Waals surface area contributed by atoms with Crippen molar-refractivity contribution in [3.63, 3.8) is 0 Å². The van der Waals surface area contributed by atoms with Gasteiger partial charge in [-0.2, -0.15) is 0 Å². The molecule has 0 aliphatic rings. The zero-order chi connectivity index (χ0) is 9.84. The van der Waals surface area contributed by atoms with E-state index >= 15 is 0 Å². The summed E-state index contributed by atoms with van der Waals surface area (Å²) in [5.41, 5.74) is 3.99. The van der Waals surface area contributed by atoms with Crippen molar-refractivity contribution >= 4 is 0 Å². The van der Waals surface area contributed by atoms with Crippen LogP contribution in [0.2, 0.25) is 0 Å². The molecule has 1 aromatic rings. The Hall–Kier alpha value is -1.04. The molecule has 1 unspecified atom stereocenters. The van der Waals surface area contributed by atoms with Crippen molar-refractivity contribution in [2.24, 2.45) is 0 Å². The summed E-state index contributed by atoms with van der Waals surface area (Å²) in [6.07, 6.45) is 1.09. The van der Waals surface area contributed by atoms with Gasteiger partial charge in [-0.25, -0.2) is 0 Å². The molecule has 0 aliphatic heterocycles. The van der Waals surface area contributed by atoms with Gasteiger partial charge >= 0.3 is 0 Å². The molecule has 0 radical (unpaired) electrons. The maximum absolute atomic E-state index is 3.94. The van der Waals surface area contributed by atoms with Gasteiger partial charge in [0.1, 0.15) is 0 Å². The Kier molecular flexibility index (Phi) is 3.30. The molecular formula is C13H18. The van der Waals surface area contributed by atoms with Crippen molar-refractivity contribution in [2.75, 3.05) is 0 Å². The van der Waals surface area contributed by atoms with Crippen molar-refractivity contribution in [1.29, 1.82) is 0 Å². The van der Waals surface area contributed by atoms with E-state index in [2.05, 4.69) is 51.6 Å². The molecule has 0 amide bonds. The zero-order valence-corrected chi connectivity index (χ0v) is 8.80. The fourth-order valence-electron chi connectivity index (χ4n) is 1.54. The summed E-state index contributed by atoms with van der Waals surface area (Å²) >= 11 is 0. The van der Waals surface area contributed by atoms with E-state index in [-0.39, 0.29) is 0 Å². The molecule has 0 saturated heterocycles. The van der Waals surface area contributed by atoms with Crippen molar-refractivity contribution in [3.8, 4) is 0 Å². The lowest BCUT2D eigenvalue weighted by Gasteiger charge is -2.11. The number of rotatable bonds is 3. The highest BCUT2D eigenvalue weighted by Crippen LogP contribution is 2.22. The van der Waals surface area contributed by atoms with E-state index in [0.29, 0.717) is 5.92 Å². The van der Waals surface area contributed by atoms with Crippen LogP contribution in [-0.2, 0) is 0 Å². The minimum Gasteiger partial charge on any atom is -0.100 e. The van der Waals surface area contributed by atoms with Gasteiger partial charge in [-0.15, -0.1) is 6.58 Å². The fourth-order valence-corrected chi connectivity index (χ4v) is 1.54. The van der Waals surface area contributed by atoms with E-state index in [4.69, 9.17) is 0 Å². The molecule has 1 atom stereocenters. The Labute approximate surface area is 81.3 Å². The van der Waals surface area contributed by atoms with Crippen LogP contribution < -0.4 is 0 Å². The molecule has 0 saturated carbocycles. The summed E-state index contributed by atoms with van der Waals surface area (Å²) < 4.78 is 0. The smallest absolute Gasteiger partial charge is 0.0153 e. The molecule has 0 N–H and O–H groups in total. The Morgan fingerprint density at radius 1 is 1.31 bits per heavy atom. The molecule has 70 valence electrons. The van der Waals surface area contributed by atoms with Crippen LogP contribution in [0.5, 0.6) is 0 Å². The van der Waals surface area contributed by atoms with E-state index in [0.717, 1.165) is 6.42 Å². The number of aryl methyl sites for hydroxylation is 1. The normalized spacial score (nSPS) is 12.5. The second kappa shape index (κ2) is 4.27. The summed E-state index contributed by atoms with van der Waals surface area (Å²) in [7, 11) is 0. The van der Waals surface area contributed by atoms with Gasteiger partial charge in [-0.1, -0.05) is 42.3 Å². The van der Waals surface area contributed by atoms with E-state index in [9.17, 15) is 0 Å². The third-order valence-corrected chi connectivity index (χ3v) is 2.30. The van der Waals surface area contributed by atoms with Gasteiger partial charge in [-0.3, -0.25) is 0 Å².